The maximum absolute atomic E-state index is 11.2. The Morgan fingerprint density at radius 3 is 1.67 bits per heavy atom. The molecule has 0 fully saturated rings. The van der Waals surface area contributed by atoms with Crippen molar-refractivity contribution in [2.75, 3.05) is 11.5 Å². The van der Waals surface area contributed by atoms with E-state index in [1.54, 1.807) is 0 Å². The van der Waals surface area contributed by atoms with Gasteiger partial charge in [-0.1, -0.05) is 0 Å². The molecule has 0 aliphatic heterocycles. The lowest BCUT2D eigenvalue weighted by atomic mass is 10.2. The van der Waals surface area contributed by atoms with Crippen molar-refractivity contribution >= 4 is 43.0 Å². The fraction of sp³-hybridized carbons (Fsp3) is 0. The molecule has 0 saturated heterocycles. The zero-order chi connectivity index (χ0) is 18.1. The first kappa shape index (κ1) is 17.8. The third kappa shape index (κ3) is 4.26. The molecule has 0 saturated carbocycles. The van der Waals surface area contributed by atoms with Crippen LogP contribution < -0.4 is 11.5 Å². The molecular formula is C12H12N4O6S2. The fourth-order valence-corrected chi connectivity index (χ4v) is 2.82. The molecule has 0 amide bonds. The van der Waals surface area contributed by atoms with Gasteiger partial charge in [0.2, 0.25) is 0 Å². The van der Waals surface area contributed by atoms with E-state index in [0.717, 1.165) is 12.1 Å². The lowest BCUT2D eigenvalue weighted by Crippen LogP contribution is -2.03. The van der Waals surface area contributed by atoms with E-state index in [9.17, 15) is 16.8 Å². The van der Waals surface area contributed by atoms with Crippen LogP contribution in [-0.2, 0) is 20.2 Å². The summed E-state index contributed by atoms with van der Waals surface area (Å²) < 4.78 is 62.9. The third-order valence-electron chi connectivity index (χ3n) is 2.81. The molecule has 0 aliphatic rings. The monoisotopic (exact) mass is 372 g/mol. The van der Waals surface area contributed by atoms with Gasteiger partial charge >= 0.3 is 0 Å². The van der Waals surface area contributed by atoms with Crippen molar-refractivity contribution < 1.29 is 25.9 Å². The molecule has 0 bridgehead atoms. The second-order valence-electron chi connectivity index (χ2n) is 4.63. The highest BCUT2D eigenvalue weighted by molar-refractivity contribution is 7.86. The van der Waals surface area contributed by atoms with Crippen LogP contribution in [0.3, 0.4) is 0 Å². The first-order valence-electron chi connectivity index (χ1n) is 6.13. The maximum Gasteiger partial charge on any atom is 0.294 e. The second-order valence-corrected chi connectivity index (χ2v) is 7.47. The summed E-state index contributed by atoms with van der Waals surface area (Å²) in [4.78, 5) is -1.52. The molecule has 0 aliphatic carbocycles. The van der Waals surface area contributed by atoms with Gasteiger partial charge in [-0.05, 0) is 36.4 Å². The number of nitrogen functional groups attached to an aromatic ring is 2. The highest BCUT2D eigenvalue weighted by Gasteiger charge is 2.18. The van der Waals surface area contributed by atoms with Gasteiger partial charge in [0.1, 0.15) is 0 Å². The van der Waals surface area contributed by atoms with Crippen molar-refractivity contribution in [1.29, 1.82) is 0 Å². The minimum Gasteiger partial charge on any atom is -0.397 e. The quantitative estimate of drug-likeness (QED) is 0.355. The van der Waals surface area contributed by atoms with Crippen LogP contribution in [0.2, 0.25) is 0 Å². The predicted octanol–water partition coefficient (Wildman–Crippen LogP) is 1.76. The molecule has 2 aromatic carbocycles. The summed E-state index contributed by atoms with van der Waals surface area (Å²) in [5.41, 5.74) is 11.8. The zero-order valence-corrected chi connectivity index (χ0v) is 13.5. The number of rotatable bonds is 4. The topological polar surface area (TPSA) is 186 Å². The Hall–Kier alpha value is -2.54. The number of azo groups is 1. The Morgan fingerprint density at radius 1 is 0.708 bits per heavy atom. The summed E-state index contributed by atoms with van der Waals surface area (Å²) in [7, 11) is -9.43. The number of nitrogens with zero attached hydrogens (tertiary/aromatic N) is 2. The molecule has 2 aromatic rings. The highest BCUT2D eigenvalue weighted by atomic mass is 32.2. The Balaban J connectivity index is 2.53. The average molecular weight is 372 g/mol. The van der Waals surface area contributed by atoms with Gasteiger partial charge in [-0.25, -0.2) is 0 Å². The number of hydrogen-bond acceptors (Lipinski definition) is 8. The lowest BCUT2D eigenvalue weighted by molar-refractivity contribution is 0.481. The largest absolute Gasteiger partial charge is 0.397 e. The van der Waals surface area contributed by atoms with Crippen LogP contribution in [0.15, 0.2) is 56.4 Å². The van der Waals surface area contributed by atoms with Crippen LogP contribution in [0.4, 0.5) is 22.7 Å². The molecule has 0 aromatic heterocycles. The Kier molecular flexibility index (Phi) is 4.57. The predicted molar refractivity (Wildman–Crippen MR) is 85.5 cm³/mol. The van der Waals surface area contributed by atoms with E-state index in [0.29, 0.717) is 11.8 Å². The normalized spacial score (nSPS) is 12.6. The summed E-state index contributed by atoms with van der Waals surface area (Å²) in [5, 5.41) is 7.43. The van der Waals surface area contributed by atoms with Gasteiger partial charge in [0, 0.05) is 0 Å². The first-order valence-corrected chi connectivity index (χ1v) is 9.01. The Labute approximate surface area is 137 Å². The molecule has 12 heteroatoms. The second kappa shape index (κ2) is 6.16. The molecule has 0 radical (unpaired) electrons. The van der Waals surface area contributed by atoms with Crippen LogP contribution in [0.1, 0.15) is 0 Å². The number of nitrogens with two attached hydrogens (primary N) is 2. The van der Waals surface area contributed by atoms with Crippen LogP contribution in [0.25, 0.3) is 0 Å². The van der Waals surface area contributed by atoms with Crippen molar-refractivity contribution in [1.82, 2.24) is 0 Å². The van der Waals surface area contributed by atoms with E-state index in [4.69, 9.17) is 20.6 Å². The van der Waals surface area contributed by atoms with E-state index in [1.165, 1.54) is 18.2 Å². The van der Waals surface area contributed by atoms with E-state index in [2.05, 4.69) is 10.2 Å². The van der Waals surface area contributed by atoms with E-state index >= 15 is 0 Å². The van der Waals surface area contributed by atoms with Gasteiger partial charge < -0.3 is 11.5 Å². The van der Waals surface area contributed by atoms with Crippen molar-refractivity contribution in [3.63, 3.8) is 0 Å². The molecule has 2 rings (SSSR count). The summed E-state index contributed by atoms with van der Waals surface area (Å²) in [6.45, 7) is 0. The molecular weight excluding hydrogens is 360 g/mol. The van der Waals surface area contributed by atoms with E-state index < -0.39 is 30.0 Å². The Morgan fingerprint density at radius 2 is 1.21 bits per heavy atom. The van der Waals surface area contributed by atoms with Crippen molar-refractivity contribution in [2.24, 2.45) is 10.2 Å². The molecule has 6 N–H and O–H groups in total. The third-order valence-corrected chi connectivity index (χ3v) is 4.47. The van der Waals surface area contributed by atoms with Crippen molar-refractivity contribution in [2.45, 2.75) is 9.79 Å². The van der Waals surface area contributed by atoms with Gasteiger partial charge in [0.05, 0.1) is 32.5 Å². The molecule has 0 atom stereocenters. The summed E-state index contributed by atoms with van der Waals surface area (Å²) >= 11 is 0. The lowest BCUT2D eigenvalue weighted by Gasteiger charge is -2.03. The minimum atomic E-state index is -4.72. The minimum absolute atomic E-state index is 0.229. The summed E-state index contributed by atoms with van der Waals surface area (Å²) in [6, 6.07) is 6.70. The van der Waals surface area contributed by atoms with Gasteiger partial charge in [-0.2, -0.15) is 27.1 Å². The molecule has 0 spiro atoms. The standard InChI is InChI=1S/C12H12N4O6S2/c13-11-2-1-7(5-12(11)14)15-16-8-3-9(23(17,18)19)6-10(4-8)24(20,21)22/h1-6H,13-14H2,(H,17,18,19)(H,20,21,22). The summed E-state index contributed by atoms with van der Waals surface area (Å²) in [6.07, 6.45) is 0. The van der Waals surface area contributed by atoms with E-state index in [-0.39, 0.29) is 17.1 Å². The highest BCUT2D eigenvalue weighted by Crippen LogP contribution is 2.27. The molecule has 0 unspecified atom stereocenters. The van der Waals surface area contributed by atoms with Gasteiger partial charge in [-0.3, -0.25) is 9.11 Å². The zero-order valence-electron chi connectivity index (χ0n) is 11.9. The first-order chi connectivity index (χ1) is 11.0. The maximum atomic E-state index is 11.2. The molecule has 10 nitrogen and oxygen atoms in total. The van der Waals surface area contributed by atoms with Crippen molar-refractivity contribution in [3.8, 4) is 0 Å². The molecule has 0 heterocycles. The van der Waals surface area contributed by atoms with Crippen LogP contribution >= 0.6 is 0 Å². The Bertz CT molecular complexity index is 981. The molecule has 128 valence electrons. The number of anilines is 2. The molecule has 24 heavy (non-hydrogen) atoms. The van der Waals surface area contributed by atoms with Crippen LogP contribution in [-0.4, -0.2) is 25.9 Å². The average Bonchev–Trinajstić information content (AvgIpc) is 2.46. The number of benzene rings is 2. The van der Waals surface area contributed by atoms with Gasteiger partial charge in [-0.15, -0.1) is 0 Å². The van der Waals surface area contributed by atoms with Crippen LogP contribution in [0.5, 0.6) is 0 Å². The summed E-state index contributed by atoms with van der Waals surface area (Å²) in [5.74, 6) is 0. The van der Waals surface area contributed by atoms with E-state index in [1.807, 2.05) is 0 Å². The smallest absolute Gasteiger partial charge is 0.294 e. The fourth-order valence-electron chi connectivity index (χ4n) is 1.65. The van der Waals surface area contributed by atoms with Gasteiger partial charge in [0.25, 0.3) is 20.2 Å². The number of hydrogen-bond donors (Lipinski definition) is 4. The van der Waals surface area contributed by atoms with Crippen molar-refractivity contribution in [3.05, 3.63) is 36.4 Å². The SMILES string of the molecule is Nc1ccc(N=Nc2cc(S(=O)(=O)O)cc(S(=O)(=O)O)c2)cc1N. The van der Waals surface area contributed by atoms with Crippen LogP contribution in [0, 0.1) is 0 Å². The van der Waals surface area contributed by atoms with Gasteiger partial charge in [0.15, 0.2) is 0 Å².